The van der Waals surface area contributed by atoms with E-state index in [1.165, 1.54) is 6.07 Å². The summed E-state index contributed by atoms with van der Waals surface area (Å²) in [4.78, 5) is 0.297. The van der Waals surface area contributed by atoms with Crippen molar-refractivity contribution >= 4 is 20.0 Å². The molecular formula is C24H35NO5S2. The van der Waals surface area contributed by atoms with Crippen LogP contribution in [-0.4, -0.2) is 26.8 Å². The largest absolute Gasteiger partial charge is 0.315 e. The van der Waals surface area contributed by atoms with Crippen molar-refractivity contribution in [3.05, 3.63) is 60.2 Å². The summed E-state index contributed by atoms with van der Waals surface area (Å²) >= 11 is 0. The topological polar surface area (TPSA) is 115 Å². The molecule has 178 valence electrons. The maximum atomic E-state index is 12.4. The molecule has 0 aliphatic carbocycles. The van der Waals surface area contributed by atoms with Gasteiger partial charge in [-0.15, -0.1) is 0 Å². The molecule has 0 aliphatic rings. The number of hydrogen-bond donors (Lipinski definition) is 2. The maximum absolute atomic E-state index is 12.4. The van der Waals surface area contributed by atoms with Gasteiger partial charge in [-0.3, -0.25) is 4.55 Å². The van der Waals surface area contributed by atoms with Crippen LogP contribution in [0.5, 0.6) is 0 Å². The Bertz CT molecular complexity index is 1020. The van der Waals surface area contributed by atoms with Gasteiger partial charge in [0.2, 0.25) is 0 Å². The van der Waals surface area contributed by atoms with Gasteiger partial charge in [0.05, 0.1) is 9.79 Å². The van der Waals surface area contributed by atoms with Crippen molar-refractivity contribution in [1.29, 1.82) is 0 Å². The van der Waals surface area contributed by atoms with Crippen LogP contribution in [0.2, 0.25) is 0 Å². The van der Waals surface area contributed by atoms with Crippen LogP contribution in [0.25, 0.3) is 0 Å². The highest BCUT2D eigenvalue weighted by Gasteiger charge is 2.22. The van der Waals surface area contributed by atoms with Crippen LogP contribution in [0.4, 0.5) is 0 Å². The molecule has 0 amide bonds. The molecule has 0 aliphatic heterocycles. The monoisotopic (exact) mass is 481 g/mol. The van der Waals surface area contributed by atoms with Crippen molar-refractivity contribution in [2.45, 2.75) is 85.8 Å². The standard InChI is InChI=1S/C24H35NO5S2/c25-24(31(26,27)22-17-10-8-11-18-22)20-12-7-5-3-1-2-4-6-9-15-21-16-13-14-19-23(21)32(28,29)30/h8,10-11,13-14,16-19,24H,1-7,9,12,15,20,25H2,(H,28,29,30). The zero-order valence-electron chi connectivity index (χ0n) is 18.5. The lowest BCUT2D eigenvalue weighted by molar-refractivity contribution is 0.481. The molecule has 0 aromatic heterocycles. The van der Waals surface area contributed by atoms with Gasteiger partial charge in [-0.2, -0.15) is 8.42 Å². The highest BCUT2D eigenvalue weighted by Crippen LogP contribution is 2.20. The molecule has 0 saturated heterocycles. The van der Waals surface area contributed by atoms with Gasteiger partial charge in [0.1, 0.15) is 5.37 Å². The lowest BCUT2D eigenvalue weighted by Gasteiger charge is -2.12. The molecule has 2 aromatic carbocycles. The fraction of sp³-hybridized carbons (Fsp3) is 0.500. The van der Waals surface area contributed by atoms with Gasteiger partial charge in [-0.25, -0.2) is 8.42 Å². The Kier molecular flexibility index (Phi) is 10.8. The second-order valence-corrected chi connectivity index (χ2v) is 11.8. The second kappa shape index (κ2) is 13.1. The summed E-state index contributed by atoms with van der Waals surface area (Å²) in [6, 6.07) is 15.0. The van der Waals surface area contributed by atoms with Crippen LogP contribution in [0, 0.1) is 0 Å². The Balaban J connectivity index is 1.52. The fourth-order valence-corrected chi connectivity index (χ4v) is 5.92. The molecule has 0 heterocycles. The lowest BCUT2D eigenvalue weighted by atomic mass is 10.0. The molecule has 6 nitrogen and oxygen atoms in total. The quantitative estimate of drug-likeness (QED) is 0.269. The highest BCUT2D eigenvalue weighted by molar-refractivity contribution is 7.92. The van der Waals surface area contributed by atoms with Gasteiger partial charge in [0, 0.05) is 0 Å². The molecule has 3 N–H and O–H groups in total. The Labute approximate surface area is 192 Å². The van der Waals surface area contributed by atoms with Gasteiger partial charge in [0.25, 0.3) is 10.1 Å². The number of nitrogens with two attached hydrogens (primary N) is 1. The SMILES string of the molecule is NC(CCCCCCCCCCCc1ccccc1S(=O)(=O)O)S(=O)(=O)c1ccccc1. The number of rotatable bonds is 15. The Morgan fingerprint density at radius 2 is 1.19 bits per heavy atom. The van der Waals surface area contributed by atoms with E-state index in [1.807, 2.05) is 0 Å². The molecule has 1 atom stereocenters. The summed E-state index contributed by atoms with van der Waals surface area (Å²) < 4.78 is 56.9. The summed E-state index contributed by atoms with van der Waals surface area (Å²) in [5, 5.41) is -0.851. The van der Waals surface area contributed by atoms with Crippen LogP contribution < -0.4 is 5.73 Å². The number of benzene rings is 2. The van der Waals surface area contributed by atoms with Crippen molar-refractivity contribution in [2.75, 3.05) is 0 Å². The van der Waals surface area contributed by atoms with E-state index in [0.717, 1.165) is 57.8 Å². The molecule has 0 saturated carbocycles. The van der Waals surface area contributed by atoms with E-state index in [-0.39, 0.29) is 9.79 Å². The molecule has 2 aromatic rings. The summed E-state index contributed by atoms with van der Waals surface area (Å²) in [5.41, 5.74) is 6.60. The van der Waals surface area contributed by atoms with E-state index in [0.29, 0.717) is 18.4 Å². The highest BCUT2D eigenvalue weighted by atomic mass is 32.2. The third-order valence-corrected chi connectivity index (χ3v) is 8.57. The summed E-state index contributed by atoms with van der Waals surface area (Å²) in [7, 11) is -7.61. The number of hydrogen-bond acceptors (Lipinski definition) is 5. The van der Waals surface area contributed by atoms with Gasteiger partial charge >= 0.3 is 0 Å². The van der Waals surface area contributed by atoms with Crippen molar-refractivity contribution in [3.63, 3.8) is 0 Å². The Morgan fingerprint density at radius 3 is 1.78 bits per heavy atom. The van der Waals surface area contributed by atoms with Crippen LogP contribution >= 0.6 is 0 Å². The van der Waals surface area contributed by atoms with Crippen LogP contribution in [0.3, 0.4) is 0 Å². The van der Waals surface area contributed by atoms with Crippen molar-refractivity contribution in [2.24, 2.45) is 5.73 Å². The van der Waals surface area contributed by atoms with E-state index >= 15 is 0 Å². The molecule has 2 rings (SSSR count). The first-order valence-corrected chi connectivity index (χ1v) is 14.3. The van der Waals surface area contributed by atoms with E-state index in [1.54, 1.807) is 48.5 Å². The van der Waals surface area contributed by atoms with Crippen LogP contribution in [0.1, 0.15) is 69.8 Å². The van der Waals surface area contributed by atoms with E-state index in [2.05, 4.69) is 0 Å². The molecule has 0 bridgehead atoms. The predicted octanol–water partition coefficient (Wildman–Crippen LogP) is 5.14. The molecule has 1 unspecified atom stereocenters. The molecular weight excluding hydrogens is 446 g/mol. The average Bonchev–Trinajstić information content (AvgIpc) is 2.77. The van der Waals surface area contributed by atoms with E-state index in [4.69, 9.17) is 5.73 Å². The molecule has 0 spiro atoms. The average molecular weight is 482 g/mol. The third kappa shape index (κ3) is 8.65. The van der Waals surface area contributed by atoms with Gasteiger partial charge in [0.15, 0.2) is 9.84 Å². The molecule has 0 radical (unpaired) electrons. The summed E-state index contributed by atoms with van der Waals surface area (Å²) in [5.74, 6) is 0. The van der Waals surface area contributed by atoms with Gasteiger partial charge < -0.3 is 5.73 Å². The first-order chi connectivity index (χ1) is 15.2. The predicted molar refractivity (Wildman–Crippen MR) is 128 cm³/mol. The van der Waals surface area contributed by atoms with Crippen molar-refractivity contribution in [1.82, 2.24) is 0 Å². The summed E-state index contributed by atoms with van der Waals surface area (Å²) in [6.07, 6.45) is 10.3. The molecule has 0 fully saturated rings. The number of unbranched alkanes of at least 4 members (excludes halogenated alkanes) is 8. The van der Waals surface area contributed by atoms with Gasteiger partial charge in [-0.1, -0.05) is 87.8 Å². The molecule has 32 heavy (non-hydrogen) atoms. The first-order valence-electron chi connectivity index (χ1n) is 11.3. The van der Waals surface area contributed by atoms with Gasteiger partial charge in [-0.05, 0) is 43.0 Å². The van der Waals surface area contributed by atoms with Crippen molar-refractivity contribution < 1.29 is 21.4 Å². The van der Waals surface area contributed by atoms with Crippen LogP contribution in [-0.2, 0) is 26.4 Å². The van der Waals surface area contributed by atoms with E-state index < -0.39 is 25.3 Å². The Hall–Kier alpha value is -1.74. The normalized spacial score (nSPS) is 13.2. The van der Waals surface area contributed by atoms with E-state index in [9.17, 15) is 21.4 Å². The van der Waals surface area contributed by atoms with Crippen molar-refractivity contribution in [3.8, 4) is 0 Å². The number of aryl methyl sites for hydroxylation is 1. The lowest BCUT2D eigenvalue weighted by Crippen LogP contribution is -2.30. The fourth-order valence-electron chi connectivity index (χ4n) is 3.80. The Morgan fingerprint density at radius 1 is 0.688 bits per heavy atom. The second-order valence-electron chi connectivity index (χ2n) is 8.20. The first kappa shape index (κ1) is 26.5. The molecule has 8 heteroatoms. The minimum absolute atomic E-state index is 0.0105. The summed E-state index contributed by atoms with van der Waals surface area (Å²) in [6.45, 7) is 0. The smallest absolute Gasteiger partial charge is 0.294 e. The number of sulfone groups is 1. The minimum Gasteiger partial charge on any atom is -0.315 e. The minimum atomic E-state index is -4.17. The maximum Gasteiger partial charge on any atom is 0.294 e. The zero-order chi connectivity index (χ0) is 23.5. The third-order valence-electron chi connectivity index (χ3n) is 5.66. The zero-order valence-corrected chi connectivity index (χ0v) is 20.2. The van der Waals surface area contributed by atoms with Crippen LogP contribution in [0.15, 0.2) is 64.4 Å².